The Hall–Kier alpha value is -1.26. The van der Waals surface area contributed by atoms with Gasteiger partial charge in [0, 0.05) is 31.5 Å². The molecule has 4 heteroatoms. The van der Waals surface area contributed by atoms with Crippen molar-refractivity contribution >= 4 is 5.69 Å². The summed E-state index contributed by atoms with van der Waals surface area (Å²) in [4.78, 5) is 2.10. The lowest BCUT2D eigenvalue weighted by molar-refractivity contribution is 0.106. The van der Waals surface area contributed by atoms with Crippen molar-refractivity contribution in [1.82, 2.24) is 4.90 Å². The molecule has 0 aromatic heterocycles. The minimum atomic E-state index is 0.165. The first-order valence-corrected chi connectivity index (χ1v) is 6.70. The Morgan fingerprint density at radius 3 is 2.63 bits per heavy atom. The third-order valence-corrected chi connectivity index (χ3v) is 3.11. The van der Waals surface area contributed by atoms with Gasteiger partial charge in [-0.1, -0.05) is 6.07 Å². The number of nitrogens with one attached hydrogen (secondary N) is 1. The molecule has 0 spiro atoms. The number of benzene rings is 1. The van der Waals surface area contributed by atoms with Gasteiger partial charge in [-0.3, -0.25) is 0 Å². The highest BCUT2D eigenvalue weighted by molar-refractivity contribution is 5.48. The maximum atomic E-state index is 5.71. The van der Waals surface area contributed by atoms with E-state index >= 15 is 0 Å². The predicted molar refractivity (Wildman–Crippen MR) is 80.0 cm³/mol. The van der Waals surface area contributed by atoms with Crippen LogP contribution in [0.3, 0.4) is 0 Å². The van der Waals surface area contributed by atoms with Gasteiger partial charge in [-0.05, 0) is 40.1 Å². The van der Waals surface area contributed by atoms with Crippen LogP contribution in [-0.4, -0.2) is 51.4 Å². The van der Waals surface area contributed by atoms with E-state index in [4.69, 9.17) is 9.47 Å². The molecular formula is C15H26N2O2. The Morgan fingerprint density at radius 1 is 1.26 bits per heavy atom. The molecule has 19 heavy (non-hydrogen) atoms. The van der Waals surface area contributed by atoms with E-state index in [9.17, 15) is 0 Å². The zero-order chi connectivity index (χ0) is 14.3. The van der Waals surface area contributed by atoms with Crippen LogP contribution >= 0.6 is 0 Å². The van der Waals surface area contributed by atoms with Gasteiger partial charge >= 0.3 is 0 Å². The summed E-state index contributed by atoms with van der Waals surface area (Å²) in [5.41, 5.74) is 1.05. The maximum Gasteiger partial charge on any atom is 0.121 e. The molecule has 1 rings (SSSR count). The van der Waals surface area contributed by atoms with E-state index in [2.05, 4.69) is 24.1 Å². The van der Waals surface area contributed by atoms with Crippen molar-refractivity contribution in [2.24, 2.45) is 0 Å². The van der Waals surface area contributed by atoms with Gasteiger partial charge in [0.15, 0.2) is 0 Å². The molecule has 0 aliphatic heterocycles. The summed E-state index contributed by atoms with van der Waals surface area (Å²) in [5.74, 6) is 0.893. The zero-order valence-corrected chi connectivity index (χ0v) is 12.6. The molecule has 4 nitrogen and oxygen atoms in total. The second kappa shape index (κ2) is 8.02. The average molecular weight is 266 g/mol. The Bertz CT molecular complexity index is 369. The van der Waals surface area contributed by atoms with Gasteiger partial charge in [0.05, 0.1) is 6.10 Å². The summed E-state index contributed by atoms with van der Waals surface area (Å²) in [6.45, 7) is 5.76. The first-order chi connectivity index (χ1) is 9.02. The molecule has 0 aliphatic carbocycles. The van der Waals surface area contributed by atoms with Crippen molar-refractivity contribution in [3.63, 3.8) is 0 Å². The summed E-state index contributed by atoms with van der Waals surface area (Å²) in [6.07, 6.45) is 0.165. The van der Waals surface area contributed by atoms with Crippen LogP contribution in [0.1, 0.15) is 13.8 Å². The molecule has 1 aromatic carbocycles. The zero-order valence-electron chi connectivity index (χ0n) is 12.6. The molecular weight excluding hydrogens is 240 g/mol. The molecule has 2 atom stereocenters. The van der Waals surface area contributed by atoms with Gasteiger partial charge in [-0.15, -0.1) is 0 Å². The molecule has 0 amide bonds. The Labute approximate surface area is 116 Å². The van der Waals surface area contributed by atoms with Gasteiger partial charge in [0.25, 0.3) is 0 Å². The molecule has 0 fully saturated rings. The van der Waals surface area contributed by atoms with Crippen molar-refractivity contribution in [2.75, 3.05) is 39.7 Å². The smallest absolute Gasteiger partial charge is 0.121 e. The highest BCUT2D eigenvalue weighted by Gasteiger charge is 2.10. The lowest BCUT2D eigenvalue weighted by Gasteiger charge is -2.21. The molecule has 1 N–H and O–H groups in total. The minimum Gasteiger partial charge on any atom is -0.492 e. The van der Waals surface area contributed by atoms with Gasteiger partial charge < -0.3 is 19.7 Å². The highest BCUT2D eigenvalue weighted by Crippen LogP contribution is 2.18. The Kier molecular flexibility index (Phi) is 6.67. The van der Waals surface area contributed by atoms with Crippen molar-refractivity contribution in [3.05, 3.63) is 24.3 Å². The van der Waals surface area contributed by atoms with Crippen molar-refractivity contribution in [3.8, 4) is 5.75 Å². The van der Waals surface area contributed by atoms with Gasteiger partial charge in [0.2, 0.25) is 0 Å². The number of likely N-dealkylation sites (N-methyl/N-ethyl adjacent to an activating group) is 1. The van der Waals surface area contributed by atoms with Gasteiger partial charge in [0.1, 0.15) is 12.4 Å². The van der Waals surface area contributed by atoms with Crippen molar-refractivity contribution in [2.45, 2.75) is 26.0 Å². The lowest BCUT2D eigenvalue weighted by atomic mass is 10.2. The largest absolute Gasteiger partial charge is 0.492 e. The van der Waals surface area contributed by atoms with E-state index in [0.29, 0.717) is 6.61 Å². The van der Waals surface area contributed by atoms with Gasteiger partial charge in [-0.2, -0.15) is 0 Å². The van der Waals surface area contributed by atoms with Crippen LogP contribution in [-0.2, 0) is 4.74 Å². The molecule has 0 heterocycles. The third kappa shape index (κ3) is 5.94. The first kappa shape index (κ1) is 15.8. The molecule has 0 bridgehead atoms. The van der Waals surface area contributed by atoms with Gasteiger partial charge in [-0.25, -0.2) is 0 Å². The van der Waals surface area contributed by atoms with E-state index in [-0.39, 0.29) is 12.1 Å². The monoisotopic (exact) mass is 266 g/mol. The van der Waals surface area contributed by atoms with E-state index in [1.165, 1.54) is 0 Å². The van der Waals surface area contributed by atoms with Crippen LogP contribution in [0.2, 0.25) is 0 Å². The van der Waals surface area contributed by atoms with Crippen LogP contribution in [0.25, 0.3) is 0 Å². The first-order valence-electron chi connectivity index (χ1n) is 6.70. The van der Waals surface area contributed by atoms with Crippen LogP contribution in [0, 0.1) is 0 Å². The molecule has 1 aromatic rings. The molecule has 108 valence electrons. The molecule has 2 unspecified atom stereocenters. The van der Waals surface area contributed by atoms with Crippen molar-refractivity contribution < 1.29 is 9.47 Å². The fourth-order valence-corrected chi connectivity index (χ4v) is 1.61. The van der Waals surface area contributed by atoms with E-state index in [1.54, 1.807) is 7.11 Å². The van der Waals surface area contributed by atoms with E-state index in [0.717, 1.165) is 18.0 Å². The second-order valence-electron chi connectivity index (χ2n) is 5.05. The number of methoxy groups -OCH3 is 1. The molecule has 0 aliphatic rings. The van der Waals surface area contributed by atoms with Crippen LogP contribution in [0.5, 0.6) is 5.75 Å². The Balaban J connectivity index is 2.52. The third-order valence-electron chi connectivity index (χ3n) is 3.11. The summed E-state index contributed by atoms with van der Waals surface area (Å²) in [7, 11) is 5.80. The second-order valence-corrected chi connectivity index (χ2v) is 5.05. The van der Waals surface area contributed by atoms with Crippen LogP contribution < -0.4 is 10.1 Å². The SMILES string of the molecule is COC(C)C(C)Nc1cccc(OCCN(C)C)c1. The van der Waals surface area contributed by atoms with Crippen LogP contribution in [0.15, 0.2) is 24.3 Å². The predicted octanol–water partition coefficient (Wildman–Crippen LogP) is 2.46. The number of hydrogen-bond acceptors (Lipinski definition) is 4. The maximum absolute atomic E-state index is 5.71. The average Bonchev–Trinajstić information content (AvgIpc) is 2.37. The molecule has 0 saturated heterocycles. The number of anilines is 1. The van der Waals surface area contributed by atoms with E-state index in [1.807, 2.05) is 38.4 Å². The van der Waals surface area contributed by atoms with E-state index < -0.39 is 0 Å². The summed E-state index contributed by atoms with van der Waals surface area (Å²) < 4.78 is 11.0. The summed E-state index contributed by atoms with van der Waals surface area (Å²) in [5, 5.41) is 3.42. The quantitative estimate of drug-likeness (QED) is 0.783. The topological polar surface area (TPSA) is 33.7 Å². The normalized spacial score (nSPS) is 14.2. The van der Waals surface area contributed by atoms with Crippen LogP contribution in [0.4, 0.5) is 5.69 Å². The summed E-state index contributed by atoms with van der Waals surface area (Å²) >= 11 is 0. The highest BCUT2D eigenvalue weighted by atomic mass is 16.5. The number of ether oxygens (including phenoxy) is 2. The lowest BCUT2D eigenvalue weighted by Crippen LogP contribution is -2.29. The fourth-order valence-electron chi connectivity index (χ4n) is 1.61. The fraction of sp³-hybridized carbons (Fsp3) is 0.600. The van der Waals surface area contributed by atoms with Crippen molar-refractivity contribution in [1.29, 1.82) is 0 Å². The minimum absolute atomic E-state index is 0.165. The molecule has 0 radical (unpaired) electrons. The Morgan fingerprint density at radius 2 is 2.00 bits per heavy atom. The summed E-state index contributed by atoms with van der Waals surface area (Å²) in [6, 6.07) is 8.29. The number of nitrogens with zero attached hydrogens (tertiary/aromatic N) is 1. The standard InChI is InChI=1S/C15H26N2O2/c1-12(13(2)18-5)16-14-7-6-8-15(11-14)19-10-9-17(3)4/h6-8,11-13,16H,9-10H2,1-5H3. The molecule has 0 saturated carbocycles. The number of rotatable bonds is 8. The number of hydrogen-bond donors (Lipinski definition) is 1.